The molecule has 4 fully saturated rings. The second-order valence-electron chi connectivity index (χ2n) is 6.45. The Labute approximate surface area is 107 Å². The number of fused-ring (bicyclic) bond motifs is 2. The highest BCUT2D eigenvalue weighted by Crippen LogP contribution is 2.54. The first-order valence-electron chi connectivity index (χ1n) is 7.15. The van der Waals surface area contributed by atoms with Crippen LogP contribution in [0.1, 0.15) is 39.0 Å². The van der Waals surface area contributed by atoms with E-state index in [0.717, 1.165) is 32.1 Å². The van der Waals surface area contributed by atoms with Crippen LogP contribution in [0.3, 0.4) is 0 Å². The van der Waals surface area contributed by atoms with Gasteiger partial charge in [0, 0.05) is 12.3 Å². The van der Waals surface area contributed by atoms with Crippen LogP contribution in [0.15, 0.2) is 0 Å². The summed E-state index contributed by atoms with van der Waals surface area (Å²) in [5.41, 5.74) is -0.295. The molecule has 100 valence electrons. The molecule has 0 amide bonds. The van der Waals surface area contributed by atoms with Gasteiger partial charge in [-0.25, -0.2) is 0 Å². The van der Waals surface area contributed by atoms with Gasteiger partial charge >= 0.3 is 0 Å². The lowest BCUT2D eigenvalue weighted by Crippen LogP contribution is -2.51. The zero-order chi connectivity index (χ0) is 12.3. The highest BCUT2D eigenvalue weighted by atomic mass is 16.6. The van der Waals surface area contributed by atoms with Gasteiger partial charge in [-0.15, -0.1) is 0 Å². The number of carbonyl (C=O) groups is 1. The number of carbonyl (C=O) groups excluding carboxylic acids is 1. The summed E-state index contributed by atoms with van der Waals surface area (Å²) in [5, 5.41) is 0. The Morgan fingerprint density at radius 2 is 1.89 bits per heavy atom. The minimum atomic E-state index is -0.295. The van der Waals surface area contributed by atoms with E-state index in [0.29, 0.717) is 42.7 Å². The van der Waals surface area contributed by atoms with Gasteiger partial charge in [0.05, 0.1) is 24.4 Å². The Morgan fingerprint density at radius 3 is 2.67 bits per heavy atom. The normalized spacial score (nSPS) is 57.2. The van der Waals surface area contributed by atoms with Crippen molar-refractivity contribution in [2.24, 2.45) is 11.8 Å². The fourth-order valence-corrected chi connectivity index (χ4v) is 4.40. The molecule has 2 aliphatic carbocycles. The zero-order valence-corrected chi connectivity index (χ0v) is 10.7. The van der Waals surface area contributed by atoms with E-state index in [2.05, 4.69) is 6.92 Å². The maximum Gasteiger partial charge on any atom is 0.293 e. The Hall–Kier alpha value is -0.610. The molecule has 18 heavy (non-hydrogen) atoms. The van der Waals surface area contributed by atoms with Crippen LogP contribution >= 0.6 is 0 Å². The van der Waals surface area contributed by atoms with Gasteiger partial charge < -0.3 is 14.2 Å². The highest BCUT2D eigenvalue weighted by molar-refractivity contribution is 5.39. The lowest BCUT2D eigenvalue weighted by Gasteiger charge is -2.46. The van der Waals surface area contributed by atoms with Crippen molar-refractivity contribution < 1.29 is 19.0 Å². The molecule has 2 heterocycles. The molecule has 7 unspecified atom stereocenters. The average molecular weight is 252 g/mol. The first-order valence-corrected chi connectivity index (χ1v) is 7.15. The zero-order valence-electron chi connectivity index (χ0n) is 10.7. The van der Waals surface area contributed by atoms with E-state index >= 15 is 0 Å². The van der Waals surface area contributed by atoms with Gasteiger partial charge in [-0.3, -0.25) is 4.79 Å². The van der Waals surface area contributed by atoms with Crippen LogP contribution in [0.25, 0.3) is 0 Å². The fourth-order valence-electron chi connectivity index (χ4n) is 4.40. The smallest absolute Gasteiger partial charge is 0.293 e. The van der Waals surface area contributed by atoms with Gasteiger partial charge in [0.15, 0.2) is 0 Å². The average Bonchev–Trinajstić information content (AvgIpc) is 3.22. The van der Waals surface area contributed by atoms with E-state index in [1.807, 2.05) is 0 Å². The highest BCUT2D eigenvalue weighted by Gasteiger charge is 2.61. The van der Waals surface area contributed by atoms with Gasteiger partial charge in [-0.05, 0) is 31.6 Å². The van der Waals surface area contributed by atoms with E-state index in [1.165, 1.54) is 0 Å². The number of ether oxygens (including phenoxy) is 3. The van der Waals surface area contributed by atoms with Crippen molar-refractivity contribution in [3.05, 3.63) is 0 Å². The third-order valence-corrected chi connectivity index (χ3v) is 5.59. The molecule has 7 atom stereocenters. The summed E-state index contributed by atoms with van der Waals surface area (Å²) in [6.07, 6.45) is 6.91. The molecule has 0 spiro atoms. The van der Waals surface area contributed by atoms with E-state index in [4.69, 9.17) is 14.2 Å². The summed E-state index contributed by atoms with van der Waals surface area (Å²) in [6.45, 7) is 2.86. The molecule has 0 radical (unpaired) electrons. The second-order valence-corrected chi connectivity index (χ2v) is 6.45. The van der Waals surface area contributed by atoms with Crippen molar-refractivity contribution in [1.29, 1.82) is 0 Å². The molecule has 0 bridgehead atoms. The quantitative estimate of drug-likeness (QED) is 0.566. The molecule has 0 aromatic heterocycles. The first kappa shape index (κ1) is 11.2. The van der Waals surface area contributed by atoms with Crippen molar-refractivity contribution in [2.75, 3.05) is 0 Å². The van der Waals surface area contributed by atoms with E-state index in [1.54, 1.807) is 0 Å². The Kier molecular flexibility index (Phi) is 2.31. The molecule has 2 saturated carbocycles. The van der Waals surface area contributed by atoms with E-state index < -0.39 is 0 Å². The number of hydrogen-bond acceptors (Lipinski definition) is 4. The van der Waals surface area contributed by atoms with Gasteiger partial charge in [0.2, 0.25) is 0 Å². The maximum absolute atomic E-state index is 11.0. The second kappa shape index (κ2) is 3.70. The molecule has 4 nitrogen and oxygen atoms in total. The predicted octanol–water partition coefficient (Wildman–Crippen LogP) is 1.66. The summed E-state index contributed by atoms with van der Waals surface area (Å²) < 4.78 is 16.9. The summed E-state index contributed by atoms with van der Waals surface area (Å²) >= 11 is 0. The van der Waals surface area contributed by atoms with Crippen LogP contribution in [0.5, 0.6) is 0 Å². The monoisotopic (exact) mass is 252 g/mol. The van der Waals surface area contributed by atoms with Gasteiger partial charge in [-0.2, -0.15) is 0 Å². The fraction of sp³-hybridized carbons (Fsp3) is 0.929. The van der Waals surface area contributed by atoms with Crippen LogP contribution < -0.4 is 0 Å². The molecule has 4 aliphatic rings. The van der Waals surface area contributed by atoms with Crippen LogP contribution in [0, 0.1) is 11.8 Å². The van der Waals surface area contributed by atoms with Crippen molar-refractivity contribution in [1.82, 2.24) is 0 Å². The largest absolute Gasteiger partial charge is 0.461 e. The third kappa shape index (κ3) is 1.55. The van der Waals surface area contributed by atoms with Gasteiger partial charge in [0.1, 0.15) is 5.60 Å². The molecule has 4 heteroatoms. The van der Waals surface area contributed by atoms with Crippen molar-refractivity contribution in [3.8, 4) is 0 Å². The lowest BCUT2D eigenvalue weighted by molar-refractivity contribution is -0.165. The molecule has 2 saturated heterocycles. The Bertz CT molecular complexity index is 371. The van der Waals surface area contributed by atoms with Gasteiger partial charge in [0.25, 0.3) is 6.47 Å². The van der Waals surface area contributed by atoms with E-state index in [-0.39, 0.29) is 5.60 Å². The third-order valence-electron chi connectivity index (χ3n) is 5.59. The Balaban J connectivity index is 1.59. The molecule has 0 aromatic carbocycles. The van der Waals surface area contributed by atoms with Crippen molar-refractivity contribution >= 4 is 6.47 Å². The van der Waals surface area contributed by atoms with Crippen LogP contribution in [-0.4, -0.2) is 36.5 Å². The minimum Gasteiger partial charge on any atom is -0.461 e. The summed E-state index contributed by atoms with van der Waals surface area (Å²) in [4.78, 5) is 11.0. The standard InChI is InChI=1S/C14H20O4/c1-8-4-11-13(18-11)6-14(8,16-7-15)9-2-3-10-12(5-9)17-10/h7-13H,2-6H2,1H3. The SMILES string of the molecule is CC1CC2OC2CC1(OC=O)C1CCC2OC2C1. The Morgan fingerprint density at radius 1 is 1.11 bits per heavy atom. The maximum atomic E-state index is 11.0. The number of rotatable bonds is 3. The molecule has 0 aromatic rings. The van der Waals surface area contributed by atoms with E-state index in [9.17, 15) is 4.79 Å². The molecular formula is C14H20O4. The van der Waals surface area contributed by atoms with Gasteiger partial charge in [-0.1, -0.05) is 6.92 Å². The molecular weight excluding hydrogens is 232 g/mol. The predicted molar refractivity (Wildman–Crippen MR) is 62.9 cm³/mol. The molecule has 0 N–H and O–H groups in total. The number of hydrogen-bond donors (Lipinski definition) is 0. The van der Waals surface area contributed by atoms with Crippen LogP contribution in [0.4, 0.5) is 0 Å². The summed E-state index contributed by atoms with van der Waals surface area (Å²) in [5.74, 6) is 0.846. The minimum absolute atomic E-state index is 0.295. The summed E-state index contributed by atoms with van der Waals surface area (Å²) in [6, 6.07) is 0. The van der Waals surface area contributed by atoms with Crippen LogP contribution in [-0.2, 0) is 19.0 Å². The number of epoxide rings is 2. The van der Waals surface area contributed by atoms with Crippen molar-refractivity contribution in [3.63, 3.8) is 0 Å². The molecule has 4 rings (SSSR count). The van der Waals surface area contributed by atoms with Crippen LogP contribution in [0.2, 0.25) is 0 Å². The molecule has 2 aliphatic heterocycles. The lowest BCUT2D eigenvalue weighted by atomic mass is 9.65. The summed E-state index contributed by atoms with van der Waals surface area (Å²) in [7, 11) is 0. The van der Waals surface area contributed by atoms with Crippen molar-refractivity contribution in [2.45, 2.75) is 69.0 Å². The first-order chi connectivity index (χ1) is 8.73. The topological polar surface area (TPSA) is 51.4 Å².